The number of ether oxygens (including phenoxy) is 8. The third-order valence-electron chi connectivity index (χ3n) is 7.45. The average Bonchev–Trinajstić information content (AvgIpc) is 3.41. The van der Waals surface area contributed by atoms with Crippen molar-refractivity contribution in [3.8, 4) is 34.1 Å². The minimum absolute atomic E-state index is 0.00259. The van der Waals surface area contributed by atoms with Crippen LogP contribution in [-0.2, 0) is 28.5 Å². The number of hydrogen-bond donors (Lipinski definition) is 0. The Bertz CT molecular complexity index is 2010. The topological polar surface area (TPSA) is 176 Å². The molecule has 4 aromatic carbocycles. The van der Waals surface area contributed by atoms with Gasteiger partial charge in [0.25, 0.3) is 0 Å². The van der Waals surface area contributed by atoms with Crippen molar-refractivity contribution in [2.75, 3.05) is 13.6 Å². The van der Waals surface area contributed by atoms with Gasteiger partial charge in [0.05, 0.1) is 11.1 Å². The zero-order valence-corrected chi connectivity index (χ0v) is 28.0. The van der Waals surface area contributed by atoms with Gasteiger partial charge in [0.1, 0.15) is 23.0 Å². The Labute approximate surface area is 304 Å². The van der Waals surface area contributed by atoms with Crippen LogP contribution in [0, 0.1) is 0 Å². The fraction of sp³-hybridized carbons (Fsp3) is 0.105. The maximum Gasteiger partial charge on any atom is 0.516 e. The molecule has 1 aliphatic rings. The summed E-state index contributed by atoms with van der Waals surface area (Å²) in [5.41, 5.74) is 3.80. The highest BCUT2D eigenvalue weighted by atomic mass is 19.1. The van der Waals surface area contributed by atoms with Gasteiger partial charge >= 0.3 is 36.2 Å². The number of carbonyl (C=O) groups excluding carboxylic acids is 6. The van der Waals surface area contributed by atoms with Crippen LogP contribution >= 0.6 is 0 Å². The van der Waals surface area contributed by atoms with Crippen LogP contribution in [0.15, 0.2) is 110 Å². The number of rotatable bonds is 12. The van der Waals surface area contributed by atoms with Gasteiger partial charge in [0, 0.05) is 5.92 Å². The summed E-state index contributed by atoms with van der Waals surface area (Å²) in [6.45, 7) is 5.64. The second-order valence-electron chi connectivity index (χ2n) is 10.9. The maximum absolute atomic E-state index is 12.9. The number of esters is 4. The van der Waals surface area contributed by atoms with E-state index in [1.165, 1.54) is 48.5 Å². The van der Waals surface area contributed by atoms with Crippen LogP contribution < -0.4 is 18.9 Å². The molecule has 0 N–H and O–H groups in total. The number of carbonyl (C=O) groups is 6. The maximum atomic E-state index is 12.9. The van der Waals surface area contributed by atoms with E-state index in [-0.39, 0.29) is 40.0 Å². The Morgan fingerprint density at radius 2 is 0.870 bits per heavy atom. The molecule has 0 bridgehead atoms. The lowest BCUT2D eigenvalue weighted by atomic mass is 9.99. The number of fused-ring (bicyclic) bond motifs is 3. The van der Waals surface area contributed by atoms with Crippen LogP contribution in [0.4, 0.5) is 18.4 Å². The van der Waals surface area contributed by atoms with Gasteiger partial charge in [0.15, 0.2) is 0 Å². The molecule has 0 saturated heterocycles. The van der Waals surface area contributed by atoms with Crippen LogP contribution in [0.2, 0.25) is 0 Å². The molecule has 0 fully saturated rings. The fourth-order valence-corrected chi connectivity index (χ4v) is 4.90. The molecule has 4 aromatic rings. The minimum Gasteiger partial charge on any atom is -0.423 e. The summed E-state index contributed by atoms with van der Waals surface area (Å²) in [6.07, 6.45) is -2.48. The second kappa shape index (κ2) is 16.8. The first kappa shape index (κ1) is 37.9. The summed E-state index contributed by atoms with van der Waals surface area (Å²) in [5, 5.41) is 0. The molecule has 5 rings (SSSR count). The van der Waals surface area contributed by atoms with Crippen molar-refractivity contribution < 1.29 is 75.4 Å². The summed E-state index contributed by atoms with van der Waals surface area (Å²) in [6, 6.07) is 21.0. The minimum atomic E-state index is -1.39. The third kappa shape index (κ3) is 9.49. The van der Waals surface area contributed by atoms with E-state index in [0.717, 1.165) is 22.3 Å². The lowest BCUT2D eigenvalue weighted by molar-refractivity contribution is -0.150. The van der Waals surface area contributed by atoms with E-state index in [4.69, 9.17) is 18.9 Å². The van der Waals surface area contributed by atoms with Crippen molar-refractivity contribution in [1.82, 2.24) is 0 Å². The van der Waals surface area contributed by atoms with Crippen LogP contribution in [0.5, 0.6) is 23.0 Å². The average molecular weight is 745 g/mol. The van der Waals surface area contributed by atoms with E-state index in [2.05, 4.69) is 32.1 Å². The van der Waals surface area contributed by atoms with Gasteiger partial charge in [-0.3, -0.25) is 0 Å². The molecule has 0 saturated carbocycles. The SMILES string of the molecule is C=C(F)C(=O)OCOC(=O)Oc1ccc(C(=O)Oc2ccc3c(c2)C(C)c2cc(OC(=O)c4ccc(OC(=O)OCOC(=O)C(=C)F)cc4)ccc2-3)cc1. The summed E-state index contributed by atoms with van der Waals surface area (Å²) >= 11 is 0. The second-order valence-corrected chi connectivity index (χ2v) is 10.9. The van der Waals surface area contributed by atoms with E-state index >= 15 is 0 Å². The molecular weight excluding hydrogens is 718 g/mol. The van der Waals surface area contributed by atoms with Crippen LogP contribution in [0.25, 0.3) is 11.1 Å². The molecule has 54 heavy (non-hydrogen) atoms. The molecule has 0 radical (unpaired) electrons. The van der Waals surface area contributed by atoms with E-state index in [9.17, 15) is 37.5 Å². The van der Waals surface area contributed by atoms with Gasteiger partial charge in [0.2, 0.25) is 25.2 Å². The van der Waals surface area contributed by atoms with Gasteiger partial charge < -0.3 is 37.9 Å². The van der Waals surface area contributed by atoms with Crippen molar-refractivity contribution in [2.45, 2.75) is 12.8 Å². The summed E-state index contributed by atoms with van der Waals surface area (Å²) in [5.74, 6) is -6.51. The Kier molecular flexibility index (Phi) is 11.8. The predicted molar refractivity (Wildman–Crippen MR) is 179 cm³/mol. The van der Waals surface area contributed by atoms with Crippen LogP contribution in [-0.4, -0.2) is 49.8 Å². The largest absolute Gasteiger partial charge is 0.516 e. The monoisotopic (exact) mass is 744 g/mol. The smallest absolute Gasteiger partial charge is 0.423 e. The molecular formula is C38H26F2O14. The third-order valence-corrected chi connectivity index (χ3v) is 7.45. The highest BCUT2D eigenvalue weighted by Crippen LogP contribution is 2.47. The van der Waals surface area contributed by atoms with E-state index in [1.807, 2.05) is 19.1 Å². The van der Waals surface area contributed by atoms with Crippen molar-refractivity contribution >= 4 is 36.2 Å². The van der Waals surface area contributed by atoms with Crippen LogP contribution in [0.3, 0.4) is 0 Å². The highest BCUT2D eigenvalue weighted by Gasteiger charge is 2.27. The first-order valence-electron chi connectivity index (χ1n) is 15.4. The molecule has 0 heterocycles. The number of halogens is 2. The molecule has 1 aliphatic carbocycles. The molecule has 0 spiro atoms. The predicted octanol–water partition coefficient (Wildman–Crippen LogP) is 7.26. The van der Waals surface area contributed by atoms with Gasteiger partial charge in [-0.2, -0.15) is 8.78 Å². The first-order chi connectivity index (χ1) is 25.8. The zero-order valence-electron chi connectivity index (χ0n) is 28.0. The zero-order chi connectivity index (χ0) is 38.9. The molecule has 0 atom stereocenters. The molecule has 0 aromatic heterocycles. The van der Waals surface area contributed by atoms with Gasteiger partial charge in [-0.1, -0.05) is 32.2 Å². The lowest BCUT2D eigenvalue weighted by Gasteiger charge is -2.10. The van der Waals surface area contributed by atoms with Gasteiger partial charge in [-0.05, 0) is 95.1 Å². The van der Waals surface area contributed by atoms with E-state index in [1.54, 1.807) is 24.3 Å². The molecule has 276 valence electrons. The molecule has 16 heteroatoms. The summed E-state index contributed by atoms with van der Waals surface area (Å²) in [4.78, 5) is 71.2. The highest BCUT2D eigenvalue weighted by molar-refractivity contribution is 5.92. The Balaban J connectivity index is 1.14. The number of benzene rings is 4. The Morgan fingerprint density at radius 3 is 1.22 bits per heavy atom. The van der Waals surface area contributed by atoms with Gasteiger partial charge in [-0.25, -0.2) is 28.8 Å². The van der Waals surface area contributed by atoms with Crippen molar-refractivity contribution in [3.63, 3.8) is 0 Å². The normalized spacial score (nSPS) is 11.2. The quantitative estimate of drug-likeness (QED) is 0.0466. The Hall–Kier alpha value is -7.36. The van der Waals surface area contributed by atoms with Crippen molar-refractivity contribution in [3.05, 3.63) is 132 Å². The number of hydrogen-bond acceptors (Lipinski definition) is 14. The molecule has 0 amide bonds. The summed E-state index contributed by atoms with van der Waals surface area (Å²) in [7, 11) is 0. The van der Waals surface area contributed by atoms with E-state index < -0.39 is 61.4 Å². The summed E-state index contributed by atoms with van der Waals surface area (Å²) < 4.78 is 63.7. The first-order valence-corrected chi connectivity index (χ1v) is 15.4. The van der Waals surface area contributed by atoms with Crippen LogP contribution in [0.1, 0.15) is 44.7 Å². The standard InChI is InChI=1S/C38H26F2O14/c1-20-31-16-27(51-35(43)23-4-8-25(9-5-23)53-37(45)49-18-47-33(41)21(2)39)12-14-29(31)30-15-13-28(17-32(20)30)52-36(44)24-6-10-26(11-7-24)54-38(46)50-19-48-34(42)22(3)40/h4-17,20H,2-3,18-19H2,1H3. The van der Waals surface area contributed by atoms with Gasteiger partial charge in [-0.15, -0.1) is 0 Å². The molecule has 14 nitrogen and oxygen atoms in total. The van der Waals surface area contributed by atoms with E-state index in [0.29, 0.717) is 0 Å². The van der Waals surface area contributed by atoms with Crippen molar-refractivity contribution in [1.29, 1.82) is 0 Å². The molecule has 0 unspecified atom stereocenters. The lowest BCUT2D eigenvalue weighted by Crippen LogP contribution is -2.16. The fourth-order valence-electron chi connectivity index (χ4n) is 4.90. The van der Waals surface area contributed by atoms with Crippen molar-refractivity contribution in [2.24, 2.45) is 0 Å². The molecule has 0 aliphatic heterocycles. The Morgan fingerprint density at radius 1 is 0.519 bits per heavy atom.